The third-order valence-electron chi connectivity index (χ3n) is 5.48. The highest BCUT2D eigenvalue weighted by Crippen LogP contribution is 2.35. The van der Waals surface area contributed by atoms with Crippen LogP contribution >= 0.6 is 36.2 Å². The maximum atomic E-state index is 14.1. The summed E-state index contributed by atoms with van der Waals surface area (Å²) in [7, 11) is 0. The van der Waals surface area contributed by atoms with Crippen molar-refractivity contribution >= 4 is 51.3 Å². The number of halogens is 2. The molecule has 3 nitrogen and oxygen atoms in total. The zero-order valence-electron chi connectivity index (χ0n) is 17.3. The number of hydrogen-bond acceptors (Lipinski definition) is 4. The van der Waals surface area contributed by atoms with Crippen LogP contribution in [-0.4, -0.2) is 37.3 Å². The van der Waals surface area contributed by atoms with E-state index in [2.05, 4.69) is 5.32 Å². The van der Waals surface area contributed by atoms with Gasteiger partial charge >= 0.3 is 0 Å². The number of rotatable bonds is 9. The van der Waals surface area contributed by atoms with E-state index in [0.29, 0.717) is 22.9 Å². The molecule has 1 aromatic carbocycles. The lowest BCUT2D eigenvalue weighted by atomic mass is 10.1. The lowest BCUT2D eigenvalue weighted by Gasteiger charge is -2.28. The molecule has 0 aromatic heterocycles. The second-order valence-corrected chi connectivity index (χ2v) is 11.0. The number of benzene rings is 1. The monoisotopic (exact) mass is 470 g/mol. The van der Waals surface area contributed by atoms with E-state index >= 15 is 0 Å². The summed E-state index contributed by atoms with van der Waals surface area (Å²) in [5.74, 6) is -1.07. The van der Waals surface area contributed by atoms with E-state index in [9.17, 15) is 13.6 Å². The molecule has 1 saturated carbocycles. The molecule has 0 radical (unpaired) electrons. The Hall–Kier alpha value is -1.12. The average Bonchev–Trinajstić information content (AvgIpc) is 3.43. The van der Waals surface area contributed by atoms with Gasteiger partial charge in [0.2, 0.25) is 5.12 Å². The summed E-state index contributed by atoms with van der Waals surface area (Å²) in [4.78, 5) is 16.0. The first-order valence-electron chi connectivity index (χ1n) is 10.5. The summed E-state index contributed by atoms with van der Waals surface area (Å²) in [5.41, 5.74) is 0.290. The van der Waals surface area contributed by atoms with Crippen LogP contribution in [0, 0.1) is 17.6 Å². The average molecular weight is 471 g/mol. The molecule has 3 rings (SSSR count). The van der Waals surface area contributed by atoms with Crippen molar-refractivity contribution in [2.45, 2.75) is 76.3 Å². The molecule has 1 aromatic rings. The van der Waals surface area contributed by atoms with Gasteiger partial charge in [0.15, 0.2) is 11.6 Å². The minimum atomic E-state index is -0.851. The highest BCUT2D eigenvalue weighted by atomic mass is 32.2. The number of thiocarbonyl (C=S) groups is 2. The van der Waals surface area contributed by atoms with Crippen LogP contribution < -0.4 is 5.32 Å². The van der Waals surface area contributed by atoms with Gasteiger partial charge in [0, 0.05) is 29.8 Å². The predicted molar refractivity (Wildman–Crippen MR) is 127 cm³/mol. The number of likely N-dealkylation sites (tertiary alicyclic amines) is 1. The van der Waals surface area contributed by atoms with Gasteiger partial charge in [0.05, 0.1) is 16.0 Å². The van der Waals surface area contributed by atoms with Crippen LogP contribution in [0.1, 0.15) is 57.9 Å². The van der Waals surface area contributed by atoms with E-state index in [1.54, 1.807) is 6.07 Å². The molecule has 1 aliphatic carbocycles. The summed E-state index contributed by atoms with van der Waals surface area (Å²) < 4.78 is 27.7. The Morgan fingerprint density at radius 2 is 2.03 bits per heavy atom. The molecular weight excluding hydrogens is 442 g/mol. The Labute approximate surface area is 192 Å². The second-order valence-electron chi connectivity index (χ2n) is 8.42. The SMILES string of the molecule is CC(C)SC(=O)[C@H](CC1CC1)NC(=S)C[C@@H]1CCC(=S)N1Cc1cccc(F)c1F. The lowest BCUT2D eigenvalue weighted by molar-refractivity contribution is -0.112. The molecule has 1 N–H and O–H groups in total. The highest BCUT2D eigenvalue weighted by Gasteiger charge is 2.33. The van der Waals surface area contributed by atoms with E-state index in [1.165, 1.54) is 30.7 Å². The van der Waals surface area contributed by atoms with Gasteiger partial charge in [-0.2, -0.15) is 0 Å². The Bertz CT molecular complexity index is 814. The van der Waals surface area contributed by atoms with E-state index in [1.807, 2.05) is 18.7 Å². The molecule has 0 unspecified atom stereocenters. The number of carbonyl (C=O) groups excluding carboxylic acids is 1. The van der Waals surface area contributed by atoms with Crippen LogP contribution in [0.15, 0.2) is 18.2 Å². The van der Waals surface area contributed by atoms with Gasteiger partial charge in [-0.05, 0) is 31.2 Å². The first-order valence-corrected chi connectivity index (χ1v) is 12.2. The third kappa shape index (κ3) is 6.44. The van der Waals surface area contributed by atoms with Gasteiger partial charge in [0.1, 0.15) is 0 Å². The smallest absolute Gasteiger partial charge is 0.211 e. The van der Waals surface area contributed by atoms with Crippen LogP contribution in [0.4, 0.5) is 8.78 Å². The second kappa shape index (κ2) is 10.5. The third-order valence-corrected chi connectivity index (χ3v) is 7.19. The summed E-state index contributed by atoms with van der Waals surface area (Å²) in [6.45, 7) is 4.25. The fourth-order valence-corrected chi connectivity index (χ4v) is 5.21. The summed E-state index contributed by atoms with van der Waals surface area (Å²) >= 11 is 12.4. The molecule has 30 heavy (non-hydrogen) atoms. The molecule has 164 valence electrons. The minimum absolute atomic E-state index is 0.0228. The topological polar surface area (TPSA) is 32.3 Å². The van der Waals surface area contributed by atoms with Crippen molar-refractivity contribution in [1.82, 2.24) is 10.2 Å². The maximum Gasteiger partial charge on any atom is 0.211 e. The molecule has 1 aliphatic heterocycles. The molecule has 1 heterocycles. The van der Waals surface area contributed by atoms with Crippen molar-refractivity contribution in [3.63, 3.8) is 0 Å². The van der Waals surface area contributed by atoms with Gasteiger partial charge in [-0.3, -0.25) is 4.79 Å². The van der Waals surface area contributed by atoms with Gasteiger partial charge in [-0.15, -0.1) is 0 Å². The fraction of sp³-hybridized carbons (Fsp3) is 0.591. The van der Waals surface area contributed by atoms with Crippen molar-refractivity contribution in [1.29, 1.82) is 0 Å². The van der Waals surface area contributed by atoms with E-state index in [0.717, 1.165) is 30.3 Å². The molecule has 8 heteroatoms. The van der Waals surface area contributed by atoms with Crippen molar-refractivity contribution < 1.29 is 13.6 Å². The number of nitrogens with one attached hydrogen (secondary N) is 1. The molecule has 0 bridgehead atoms. The molecule has 1 saturated heterocycles. The van der Waals surface area contributed by atoms with Crippen LogP contribution in [-0.2, 0) is 11.3 Å². The molecule has 2 atom stereocenters. The lowest BCUT2D eigenvalue weighted by Crippen LogP contribution is -2.42. The predicted octanol–water partition coefficient (Wildman–Crippen LogP) is 5.40. The number of carbonyl (C=O) groups is 1. The Morgan fingerprint density at radius 1 is 1.30 bits per heavy atom. The first kappa shape index (κ1) is 23.5. The Morgan fingerprint density at radius 3 is 2.70 bits per heavy atom. The Balaban J connectivity index is 1.62. The van der Waals surface area contributed by atoms with E-state index in [-0.39, 0.29) is 29.0 Å². The van der Waals surface area contributed by atoms with Crippen molar-refractivity contribution in [3.8, 4) is 0 Å². The van der Waals surface area contributed by atoms with Gasteiger partial charge in [-0.1, -0.05) is 75.0 Å². The van der Waals surface area contributed by atoms with Crippen LogP contribution in [0.25, 0.3) is 0 Å². The van der Waals surface area contributed by atoms with E-state index < -0.39 is 11.6 Å². The minimum Gasteiger partial charge on any atom is -0.369 e. The normalized spacial score (nSPS) is 20.0. The molecule has 2 aliphatic rings. The molecule has 0 spiro atoms. The number of nitrogens with zero attached hydrogens (tertiary/aromatic N) is 1. The quantitative estimate of drug-likeness (QED) is 0.487. The Kier molecular flexibility index (Phi) is 8.21. The zero-order valence-corrected chi connectivity index (χ0v) is 19.8. The van der Waals surface area contributed by atoms with Gasteiger partial charge < -0.3 is 10.2 Å². The maximum absolute atomic E-state index is 14.1. The summed E-state index contributed by atoms with van der Waals surface area (Å²) in [5, 5.41) is 3.67. The molecule has 2 fully saturated rings. The van der Waals surface area contributed by atoms with Crippen molar-refractivity contribution in [3.05, 3.63) is 35.4 Å². The van der Waals surface area contributed by atoms with Crippen LogP contribution in [0.2, 0.25) is 0 Å². The number of thioether (sulfide) groups is 1. The van der Waals surface area contributed by atoms with Gasteiger partial charge in [-0.25, -0.2) is 8.78 Å². The first-order chi connectivity index (χ1) is 14.2. The van der Waals surface area contributed by atoms with Crippen molar-refractivity contribution in [2.24, 2.45) is 5.92 Å². The van der Waals surface area contributed by atoms with Gasteiger partial charge in [0.25, 0.3) is 0 Å². The van der Waals surface area contributed by atoms with Crippen LogP contribution in [0.3, 0.4) is 0 Å². The standard InChI is InChI=1S/C22H28F2N2OS3/c1-13(2)30-22(27)18(10-14-6-7-14)25-19(28)11-16-8-9-20(29)26(16)12-15-4-3-5-17(23)21(15)24/h3-5,13-14,16,18H,6-12H2,1-2H3,(H,25,28)/t16-,18-/m0/s1. The fourth-order valence-electron chi connectivity index (χ4n) is 3.76. The largest absolute Gasteiger partial charge is 0.369 e. The number of hydrogen-bond donors (Lipinski definition) is 1. The highest BCUT2D eigenvalue weighted by molar-refractivity contribution is 8.14. The van der Waals surface area contributed by atoms with Crippen molar-refractivity contribution in [2.75, 3.05) is 0 Å². The molecule has 0 amide bonds. The van der Waals surface area contributed by atoms with Crippen LogP contribution in [0.5, 0.6) is 0 Å². The molecular formula is C22H28F2N2OS3. The van der Waals surface area contributed by atoms with E-state index in [4.69, 9.17) is 24.4 Å². The summed E-state index contributed by atoms with van der Waals surface area (Å²) in [6.07, 6.45) is 5.27. The zero-order chi connectivity index (χ0) is 21.8. The summed E-state index contributed by atoms with van der Waals surface area (Å²) in [6, 6.07) is 3.97.